The van der Waals surface area contributed by atoms with Crippen molar-refractivity contribution in [3.63, 3.8) is 0 Å². The van der Waals surface area contributed by atoms with Crippen LogP contribution in [-0.2, 0) is 57.9 Å². The van der Waals surface area contributed by atoms with Crippen molar-refractivity contribution in [2.24, 2.45) is 0 Å². The maximum absolute atomic E-state index is 11.7. The van der Waals surface area contributed by atoms with E-state index in [1.54, 1.807) is 13.8 Å². The van der Waals surface area contributed by atoms with Gasteiger partial charge in [-0.3, -0.25) is 19.2 Å². The first-order chi connectivity index (χ1) is 14.0. The molecule has 0 saturated heterocycles. The molecule has 2 unspecified atom stereocenters. The number of carbonyl (C=O) groups excluding carboxylic acids is 4. The van der Waals surface area contributed by atoms with Crippen LogP contribution >= 0.6 is 0 Å². The van der Waals surface area contributed by atoms with Crippen LogP contribution in [0.25, 0.3) is 0 Å². The van der Waals surface area contributed by atoms with Gasteiger partial charge in [0, 0.05) is 41.3 Å². The molecule has 0 aliphatic rings. The van der Waals surface area contributed by atoms with Gasteiger partial charge in [-0.1, -0.05) is 27.7 Å². The average molecular weight is 660 g/mol. The summed E-state index contributed by atoms with van der Waals surface area (Å²) in [7, 11) is 0.662. The molecule has 0 spiro atoms. The Labute approximate surface area is 203 Å². The Morgan fingerprint density at radius 2 is 0.839 bits per heavy atom. The van der Waals surface area contributed by atoms with Gasteiger partial charge >= 0.3 is 38.2 Å². The van der Waals surface area contributed by atoms with Crippen LogP contribution in [0.3, 0.4) is 0 Å². The second-order valence-corrected chi connectivity index (χ2v) is 14.3. The summed E-state index contributed by atoms with van der Waals surface area (Å²) in [6.45, 7) is 10.1. The van der Waals surface area contributed by atoms with Crippen LogP contribution in [0.4, 0.5) is 0 Å². The smallest absolute Gasteiger partial charge is 0.397 e. The zero-order valence-electron chi connectivity index (χ0n) is 20.6. The van der Waals surface area contributed by atoms with Crippen LogP contribution in [0.15, 0.2) is 0 Å². The number of rotatable bonds is 14. The van der Waals surface area contributed by atoms with Crippen molar-refractivity contribution in [3.8, 4) is 0 Å². The van der Waals surface area contributed by atoms with E-state index in [0.717, 1.165) is 0 Å². The van der Waals surface area contributed by atoms with E-state index in [4.69, 9.17) is 17.7 Å². The van der Waals surface area contributed by atoms with Gasteiger partial charge in [0.05, 0.1) is 0 Å². The maximum atomic E-state index is 11.7. The molecule has 31 heavy (non-hydrogen) atoms. The molecule has 0 aromatic heterocycles. The number of ketones is 4. The summed E-state index contributed by atoms with van der Waals surface area (Å²) in [5.41, 5.74) is -1.38. The number of carbonyl (C=O) groups is 4. The molecule has 0 aromatic carbocycles. The van der Waals surface area contributed by atoms with Crippen LogP contribution in [0.2, 0.25) is 23.2 Å². The Kier molecular flexibility index (Phi) is 19.5. The summed E-state index contributed by atoms with van der Waals surface area (Å²) in [6, 6.07) is 1.19. The molecule has 0 aliphatic heterocycles. The Morgan fingerprint density at radius 3 is 0.935 bits per heavy atom. The number of hydrogen-bond acceptors (Lipinski definition) is 8. The third-order valence-electron chi connectivity index (χ3n) is 5.40. The summed E-state index contributed by atoms with van der Waals surface area (Å²) in [5.74, 6) is -0.474. The summed E-state index contributed by atoms with van der Waals surface area (Å²) in [6.07, 6.45) is 0.678. The van der Waals surface area contributed by atoms with E-state index in [1.807, 2.05) is 13.8 Å². The van der Waals surface area contributed by atoms with Crippen molar-refractivity contribution in [3.05, 3.63) is 0 Å². The number of Topliss-reactive ketones (excluding diaryl/α,β-unsaturated/α-hetero) is 4. The molecule has 0 aromatic rings. The fourth-order valence-corrected chi connectivity index (χ4v) is 9.47. The van der Waals surface area contributed by atoms with E-state index in [9.17, 15) is 19.2 Å². The van der Waals surface area contributed by atoms with Crippen molar-refractivity contribution < 1.29 is 57.9 Å². The molecule has 0 saturated carbocycles. The van der Waals surface area contributed by atoms with Gasteiger partial charge in [0.2, 0.25) is 0 Å². The van der Waals surface area contributed by atoms with Crippen LogP contribution in [0.1, 0.15) is 54.4 Å². The minimum atomic E-state index is -2.69. The first-order valence-corrected chi connectivity index (χ1v) is 14.4. The van der Waals surface area contributed by atoms with Crippen LogP contribution in [0.5, 0.6) is 0 Å². The molecule has 8 nitrogen and oxygen atoms in total. The SMILES string of the molecule is CCC(=O)C(C(C)=O)[Si](CC)(OC)OC.CCC(=O)C(C(C)=O)[Si](CC)(OC)OC.[Pt+2]. The molecule has 0 heterocycles. The van der Waals surface area contributed by atoms with Crippen LogP contribution < -0.4 is 0 Å². The summed E-state index contributed by atoms with van der Waals surface area (Å²) >= 11 is 0. The standard InChI is InChI=1S/2C10H20O4Si.Pt/c2*1-6-9(12)10(8(3)11)15(7-2,13-4)14-5;/h2*10H,6-7H2,1-5H3;/q;;+2. The van der Waals surface area contributed by atoms with Crippen LogP contribution in [-0.4, -0.2) is 68.7 Å². The van der Waals surface area contributed by atoms with Crippen molar-refractivity contribution in [2.45, 2.75) is 77.6 Å². The molecule has 11 heteroatoms. The quantitative estimate of drug-likeness (QED) is 0.207. The minimum Gasteiger partial charge on any atom is -0.397 e. The Balaban J connectivity index is -0.000000490. The molecule has 0 amide bonds. The summed E-state index contributed by atoms with van der Waals surface area (Å²) < 4.78 is 21.4. The third-order valence-corrected chi connectivity index (χ3v) is 13.4. The minimum absolute atomic E-state index is 0. The predicted octanol–water partition coefficient (Wildman–Crippen LogP) is 3.36. The van der Waals surface area contributed by atoms with E-state index in [-0.39, 0.29) is 44.2 Å². The fraction of sp³-hybridized carbons (Fsp3) is 0.800. The maximum Gasteiger partial charge on any atom is 2.00 e. The van der Waals surface area contributed by atoms with Crippen molar-refractivity contribution in [1.82, 2.24) is 0 Å². The second-order valence-electron chi connectivity index (χ2n) is 6.87. The topological polar surface area (TPSA) is 105 Å². The molecule has 0 bridgehead atoms. The monoisotopic (exact) mass is 659 g/mol. The van der Waals surface area contributed by atoms with Crippen molar-refractivity contribution >= 4 is 40.3 Å². The molecule has 2 atom stereocenters. The van der Waals surface area contributed by atoms with Gasteiger partial charge in [-0.25, -0.2) is 0 Å². The van der Waals surface area contributed by atoms with Gasteiger partial charge in [0.15, 0.2) is 0 Å². The summed E-state index contributed by atoms with van der Waals surface area (Å²) in [5, 5.41) is 0. The molecule has 0 radical (unpaired) electrons. The molecule has 0 aliphatic carbocycles. The zero-order valence-corrected chi connectivity index (χ0v) is 24.8. The van der Waals surface area contributed by atoms with Gasteiger partial charge in [-0.05, 0) is 25.9 Å². The average Bonchev–Trinajstić information content (AvgIpc) is 2.74. The molecule has 184 valence electrons. The Bertz CT molecular complexity index is 511. The van der Waals surface area contributed by atoms with E-state index in [2.05, 4.69) is 0 Å². The molecule has 0 fully saturated rings. The normalized spacial score (nSPS) is 13.2. The van der Waals surface area contributed by atoms with Gasteiger partial charge in [-0.15, -0.1) is 0 Å². The molecular formula is C20H40O8PtSi2+2. The van der Waals surface area contributed by atoms with Gasteiger partial charge in [0.25, 0.3) is 0 Å². The Hall–Kier alpha value is -0.358. The van der Waals surface area contributed by atoms with E-state index in [1.165, 1.54) is 42.3 Å². The predicted molar refractivity (Wildman–Crippen MR) is 120 cm³/mol. The van der Waals surface area contributed by atoms with E-state index >= 15 is 0 Å². The molecular weight excluding hydrogens is 619 g/mol. The fourth-order valence-electron chi connectivity index (χ4n) is 3.60. The molecule has 0 rings (SSSR count). The summed E-state index contributed by atoms with van der Waals surface area (Å²) in [4.78, 5) is 46.5. The second kappa shape index (κ2) is 17.2. The van der Waals surface area contributed by atoms with Gasteiger partial charge < -0.3 is 17.7 Å². The van der Waals surface area contributed by atoms with E-state index < -0.39 is 28.2 Å². The van der Waals surface area contributed by atoms with Crippen molar-refractivity contribution in [2.75, 3.05) is 28.4 Å². The first-order valence-electron chi connectivity index (χ1n) is 10.2. The third kappa shape index (κ3) is 9.19. The zero-order chi connectivity index (χ0) is 24.1. The van der Waals surface area contributed by atoms with E-state index in [0.29, 0.717) is 24.9 Å². The van der Waals surface area contributed by atoms with Gasteiger partial charge in [-0.2, -0.15) is 0 Å². The van der Waals surface area contributed by atoms with Gasteiger partial charge in [0.1, 0.15) is 34.2 Å². The Morgan fingerprint density at radius 1 is 0.613 bits per heavy atom. The largest absolute Gasteiger partial charge is 2.00 e. The molecule has 0 N–H and O–H groups in total. The van der Waals surface area contributed by atoms with Crippen LogP contribution in [0, 0.1) is 0 Å². The van der Waals surface area contributed by atoms with Crippen molar-refractivity contribution in [1.29, 1.82) is 0 Å². The number of hydrogen-bond donors (Lipinski definition) is 0. The first kappa shape index (κ1) is 35.2.